The zero-order chi connectivity index (χ0) is 11.8. The van der Waals surface area contributed by atoms with Crippen LogP contribution in [0.3, 0.4) is 0 Å². The van der Waals surface area contributed by atoms with Gasteiger partial charge in [0.05, 0.1) is 6.61 Å². The molecule has 2 heterocycles. The number of ether oxygens (including phenoxy) is 1. The Morgan fingerprint density at radius 3 is 3.12 bits per heavy atom. The fourth-order valence-electron chi connectivity index (χ4n) is 3.03. The van der Waals surface area contributed by atoms with Gasteiger partial charge < -0.3 is 9.30 Å². The average Bonchev–Trinajstić information content (AvgIpc) is 2.91. The minimum Gasteiger partial charge on any atom is -0.381 e. The van der Waals surface area contributed by atoms with Crippen LogP contribution in [0.1, 0.15) is 41.0 Å². The molecule has 1 aliphatic heterocycles. The maximum atomic E-state index is 11.9. The van der Waals surface area contributed by atoms with Crippen LogP contribution in [0.2, 0.25) is 0 Å². The molecule has 0 spiro atoms. The number of hydrogen-bond donors (Lipinski definition) is 0. The van der Waals surface area contributed by atoms with Crippen molar-refractivity contribution in [1.29, 1.82) is 0 Å². The summed E-state index contributed by atoms with van der Waals surface area (Å²) < 4.78 is 7.78. The maximum Gasteiger partial charge on any atom is 0.164 e. The SMILES string of the molecule is Cc1cc2c(n1CC1CCOC1)CCCC2=O. The van der Waals surface area contributed by atoms with Crippen LogP contribution in [0, 0.1) is 12.8 Å². The molecule has 0 amide bonds. The molecular formula is C14H19NO2. The van der Waals surface area contributed by atoms with Crippen molar-refractivity contribution in [3.63, 3.8) is 0 Å². The van der Waals surface area contributed by atoms with Gasteiger partial charge in [-0.15, -0.1) is 0 Å². The lowest BCUT2D eigenvalue weighted by Gasteiger charge is -2.18. The van der Waals surface area contributed by atoms with E-state index < -0.39 is 0 Å². The summed E-state index contributed by atoms with van der Waals surface area (Å²) in [6.07, 6.45) is 3.95. The van der Waals surface area contributed by atoms with E-state index >= 15 is 0 Å². The van der Waals surface area contributed by atoms with Crippen molar-refractivity contribution in [2.45, 2.75) is 39.2 Å². The molecule has 1 fully saturated rings. The molecule has 92 valence electrons. The summed E-state index contributed by atoms with van der Waals surface area (Å²) in [7, 11) is 0. The van der Waals surface area contributed by atoms with E-state index in [4.69, 9.17) is 4.74 Å². The first-order chi connectivity index (χ1) is 8.25. The molecule has 1 aromatic heterocycles. The lowest BCUT2D eigenvalue weighted by atomic mass is 9.96. The zero-order valence-corrected chi connectivity index (χ0v) is 10.4. The van der Waals surface area contributed by atoms with Gasteiger partial charge in [-0.25, -0.2) is 0 Å². The molecule has 0 aromatic carbocycles. The van der Waals surface area contributed by atoms with Gasteiger partial charge in [0.15, 0.2) is 5.78 Å². The van der Waals surface area contributed by atoms with Crippen molar-refractivity contribution >= 4 is 5.78 Å². The number of carbonyl (C=O) groups is 1. The van der Waals surface area contributed by atoms with E-state index in [-0.39, 0.29) is 0 Å². The van der Waals surface area contributed by atoms with Crippen molar-refractivity contribution in [3.8, 4) is 0 Å². The molecule has 1 atom stereocenters. The smallest absolute Gasteiger partial charge is 0.164 e. The van der Waals surface area contributed by atoms with Crippen LogP contribution < -0.4 is 0 Å². The predicted molar refractivity (Wildman–Crippen MR) is 65.4 cm³/mol. The van der Waals surface area contributed by atoms with Gasteiger partial charge in [0.25, 0.3) is 0 Å². The van der Waals surface area contributed by atoms with Gasteiger partial charge in [-0.1, -0.05) is 0 Å². The predicted octanol–water partition coefficient (Wildman–Crippen LogP) is 2.35. The lowest BCUT2D eigenvalue weighted by molar-refractivity contribution is 0.0971. The largest absolute Gasteiger partial charge is 0.381 e. The van der Waals surface area contributed by atoms with E-state index in [0.717, 1.165) is 51.0 Å². The lowest BCUT2D eigenvalue weighted by Crippen LogP contribution is -2.17. The molecule has 3 heteroatoms. The second-order valence-electron chi connectivity index (χ2n) is 5.26. The summed E-state index contributed by atoms with van der Waals surface area (Å²) in [5.74, 6) is 0.956. The van der Waals surface area contributed by atoms with Gasteiger partial charge in [0.2, 0.25) is 0 Å². The second kappa shape index (κ2) is 4.30. The highest BCUT2D eigenvalue weighted by atomic mass is 16.5. The van der Waals surface area contributed by atoms with E-state index in [9.17, 15) is 4.79 Å². The molecule has 3 nitrogen and oxygen atoms in total. The number of fused-ring (bicyclic) bond motifs is 1. The summed E-state index contributed by atoms with van der Waals surface area (Å²) in [5.41, 5.74) is 3.48. The summed E-state index contributed by atoms with van der Waals surface area (Å²) in [6, 6.07) is 2.08. The summed E-state index contributed by atoms with van der Waals surface area (Å²) >= 11 is 0. The van der Waals surface area contributed by atoms with E-state index in [2.05, 4.69) is 17.6 Å². The zero-order valence-electron chi connectivity index (χ0n) is 10.4. The summed E-state index contributed by atoms with van der Waals surface area (Å²) in [6.45, 7) is 4.91. The quantitative estimate of drug-likeness (QED) is 0.785. The fraction of sp³-hybridized carbons (Fsp3) is 0.643. The molecule has 1 aliphatic carbocycles. The standard InChI is InChI=1S/C14H19NO2/c1-10-7-12-13(3-2-4-14(12)16)15(10)8-11-5-6-17-9-11/h7,11H,2-6,8-9H2,1H3. The Labute approximate surface area is 102 Å². The number of aromatic nitrogens is 1. The monoisotopic (exact) mass is 233 g/mol. The summed E-state index contributed by atoms with van der Waals surface area (Å²) in [5, 5.41) is 0. The van der Waals surface area contributed by atoms with Crippen molar-refractivity contribution < 1.29 is 9.53 Å². The van der Waals surface area contributed by atoms with Crippen molar-refractivity contribution in [1.82, 2.24) is 4.57 Å². The molecule has 1 saturated heterocycles. The Hall–Kier alpha value is -1.09. The van der Waals surface area contributed by atoms with E-state index in [1.54, 1.807) is 0 Å². The minimum atomic E-state index is 0.329. The van der Waals surface area contributed by atoms with Crippen molar-refractivity contribution in [3.05, 3.63) is 23.0 Å². The van der Waals surface area contributed by atoms with Crippen molar-refractivity contribution in [2.24, 2.45) is 5.92 Å². The third-order valence-corrected chi connectivity index (χ3v) is 4.00. The van der Waals surface area contributed by atoms with Gasteiger partial charge in [0, 0.05) is 42.4 Å². The molecule has 3 rings (SSSR count). The molecule has 17 heavy (non-hydrogen) atoms. The number of Topliss-reactive ketones (excluding diaryl/α,β-unsaturated/α-hetero) is 1. The first-order valence-electron chi connectivity index (χ1n) is 6.55. The van der Waals surface area contributed by atoms with Gasteiger partial charge in [-0.2, -0.15) is 0 Å². The first-order valence-corrected chi connectivity index (χ1v) is 6.55. The van der Waals surface area contributed by atoms with Gasteiger partial charge in [-0.05, 0) is 32.3 Å². The molecule has 0 N–H and O–H groups in total. The van der Waals surface area contributed by atoms with Crippen molar-refractivity contribution in [2.75, 3.05) is 13.2 Å². The van der Waals surface area contributed by atoms with Gasteiger partial charge in [0.1, 0.15) is 0 Å². The third kappa shape index (κ3) is 1.93. The van der Waals surface area contributed by atoms with E-state index in [0.29, 0.717) is 11.7 Å². The van der Waals surface area contributed by atoms with Crippen LogP contribution in [0.25, 0.3) is 0 Å². The Balaban J connectivity index is 1.90. The Morgan fingerprint density at radius 1 is 1.47 bits per heavy atom. The summed E-state index contributed by atoms with van der Waals surface area (Å²) in [4.78, 5) is 11.9. The van der Waals surface area contributed by atoms with Crippen LogP contribution >= 0.6 is 0 Å². The highest BCUT2D eigenvalue weighted by Crippen LogP contribution is 2.27. The van der Waals surface area contributed by atoms with Crippen LogP contribution in [0.15, 0.2) is 6.07 Å². The molecule has 1 aromatic rings. The topological polar surface area (TPSA) is 31.2 Å². The maximum absolute atomic E-state index is 11.9. The molecular weight excluding hydrogens is 214 g/mol. The highest BCUT2D eigenvalue weighted by molar-refractivity contribution is 5.98. The second-order valence-corrected chi connectivity index (χ2v) is 5.26. The molecule has 1 unspecified atom stereocenters. The van der Waals surface area contributed by atoms with Crippen LogP contribution in [0.4, 0.5) is 0 Å². The van der Waals surface area contributed by atoms with E-state index in [1.807, 2.05) is 0 Å². The van der Waals surface area contributed by atoms with Crippen LogP contribution in [-0.4, -0.2) is 23.6 Å². The number of rotatable bonds is 2. The third-order valence-electron chi connectivity index (χ3n) is 4.00. The molecule has 0 radical (unpaired) electrons. The van der Waals surface area contributed by atoms with Crippen LogP contribution in [0.5, 0.6) is 0 Å². The molecule has 0 saturated carbocycles. The van der Waals surface area contributed by atoms with Gasteiger partial charge in [-0.3, -0.25) is 4.79 Å². The molecule has 2 aliphatic rings. The normalized spacial score (nSPS) is 24.1. The van der Waals surface area contributed by atoms with E-state index in [1.165, 1.54) is 11.4 Å². The van der Waals surface area contributed by atoms with Gasteiger partial charge >= 0.3 is 0 Å². The number of nitrogens with zero attached hydrogens (tertiary/aromatic N) is 1. The Bertz CT molecular complexity index is 441. The minimum absolute atomic E-state index is 0.329. The van der Waals surface area contributed by atoms with Crippen LogP contribution in [-0.2, 0) is 17.7 Å². The molecule has 0 bridgehead atoms. The Kier molecular flexibility index (Phi) is 2.79. The number of aryl methyl sites for hydroxylation is 1. The number of hydrogen-bond acceptors (Lipinski definition) is 2. The first kappa shape index (κ1) is 11.0. The highest BCUT2D eigenvalue weighted by Gasteiger charge is 2.24. The average molecular weight is 233 g/mol. The Morgan fingerprint density at radius 2 is 2.35 bits per heavy atom. The number of ketones is 1. The number of carbonyl (C=O) groups excluding carboxylic acids is 1. The fourth-order valence-corrected chi connectivity index (χ4v) is 3.03.